The fourth-order valence-corrected chi connectivity index (χ4v) is 7.97. The lowest BCUT2D eigenvalue weighted by molar-refractivity contribution is -0.149. The van der Waals surface area contributed by atoms with E-state index in [2.05, 4.69) is 52.1 Å². The minimum Gasteiger partial charge on any atom is -0.457 e. The number of benzene rings is 3. The highest BCUT2D eigenvalue weighted by Crippen LogP contribution is 2.46. The summed E-state index contributed by atoms with van der Waals surface area (Å²) in [5.41, 5.74) is 7.48. The summed E-state index contributed by atoms with van der Waals surface area (Å²) in [6, 6.07) is 20.7. The molecule has 4 bridgehead atoms. The van der Waals surface area contributed by atoms with Crippen LogP contribution in [0.4, 0.5) is 0 Å². The van der Waals surface area contributed by atoms with E-state index in [1.165, 1.54) is 11.1 Å². The molecule has 10 rings (SSSR count). The normalized spacial score (nSPS) is 22.9. The van der Waals surface area contributed by atoms with Gasteiger partial charge in [0, 0.05) is 39.8 Å². The van der Waals surface area contributed by atoms with Gasteiger partial charge in [-0.25, -0.2) is 4.79 Å². The topological polar surface area (TPSA) is 72.1 Å². The van der Waals surface area contributed by atoms with Crippen LogP contribution < -0.4 is 30.5 Å². The second kappa shape index (κ2) is 7.99. The summed E-state index contributed by atoms with van der Waals surface area (Å²) in [6.07, 6.45) is 6.81. The minimum atomic E-state index is -1.03. The summed E-state index contributed by atoms with van der Waals surface area (Å²) in [7, 11) is 0. The van der Waals surface area contributed by atoms with Gasteiger partial charge in [0.05, 0.1) is 22.3 Å². The van der Waals surface area contributed by atoms with Gasteiger partial charge in [-0.2, -0.15) is 0 Å². The number of ether oxygens (including phenoxy) is 3. The first-order valence-electron chi connectivity index (χ1n) is 13.3. The molecular weight excluding hydrogens is 522 g/mol. The number of fused-ring (bicyclic) bond motifs is 9. The number of hydrogen-bond donors (Lipinski definition) is 2. The fourth-order valence-electron chi connectivity index (χ4n) is 6.59. The Morgan fingerprint density at radius 2 is 1.88 bits per heavy atom. The number of thioether (sulfide) groups is 1. The second-order valence-corrected chi connectivity index (χ2v) is 11.5. The number of allylic oxidation sites excluding steroid dienone is 1. The number of carbonyl (C=O) groups is 1. The Morgan fingerprint density at radius 1 is 0.975 bits per heavy atom. The minimum absolute atomic E-state index is 0.0844. The molecule has 7 aliphatic heterocycles. The molecule has 40 heavy (non-hydrogen) atoms. The molecule has 7 nitrogen and oxygen atoms in total. The zero-order valence-corrected chi connectivity index (χ0v) is 22.1. The van der Waals surface area contributed by atoms with Crippen molar-refractivity contribution in [2.75, 3.05) is 19.2 Å². The number of hydrogen-bond acceptors (Lipinski definition) is 8. The molecule has 1 spiro atoms. The number of nitrogens with zero attached hydrogens (tertiary/aromatic N) is 1. The average Bonchev–Trinajstić information content (AvgIpc) is 3.48. The molecule has 196 valence electrons. The molecule has 1 unspecified atom stereocenters. The van der Waals surface area contributed by atoms with E-state index in [1.807, 2.05) is 42.6 Å². The van der Waals surface area contributed by atoms with Gasteiger partial charge in [-0.3, -0.25) is 0 Å². The maximum atomic E-state index is 14.0. The van der Waals surface area contributed by atoms with Crippen molar-refractivity contribution >= 4 is 40.1 Å². The van der Waals surface area contributed by atoms with Crippen LogP contribution in [0.25, 0.3) is 22.4 Å². The lowest BCUT2D eigenvalue weighted by atomic mass is 9.86. The van der Waals surface area contributed by atoms with Gasteiger partial charge in [-0.15, -0.1) is 11.8 Å². The van der Waals surface area contributed by atoms with E-state index in [4.69, 9.17) is 14.2 Å². The summed E-state index contributed by atoms with van der Waals surface area (Å²) < 4.78 is 18.0. The average molecular weight is 546 g/mol. The summed E-state index contributed by atoms with van der Waals surface area (Å²) in [4.78, 5) is 17.3. The molecule has 8 heteroatoms. The van der Waals surface area contributed by atoms with Crippen molar-refractivity contribution in [3.05, 3.63) is 117 Å². The Bertz CT molecular complexity index is 1910. The molecule has 1 saturated heterocycles. The first kappa shape index (κ1) is 22.3. The first-order chi connectivity index (χ1) is 19.7. The number of carbonyl (C=O) groups excluding carboxylic acids is 1. The van der Waals surface area contributed by atoms with E-state index in [9.17, 15) is 4.79 Å². The van der Waals surface area contributed by atoms with Gasteiger partial charge in [-0.1, -0.05) is 48.5 Å². The van der Waals surface area contributed by atoms with E-state index < -0.39 is 5.54 Å². The van der Waals surface area contributed by atoms with E-state index >= 15 is 0 Å². The standard InChI is InChI=1S/C32H23N3O4S/c36-31-32(23-8-4-2-5-18(23)11-12-33-32)16-40-30-22-9-10-25-29(39-17-38-25)26(22)24(15-37-31)35-14-20-13-19-6-1-3-7-21(19)27(34-20)28(30)35/h1-12,14,33-34H,13,15-17H2. The van der Waals surface area contributed by atoms with Crippen LogP contribution in [0.3, 0.4) is 0 Å². The van der Waals surface area contributed by atoms with Crippen LogP contribution in [0.15, 0.2) is 84.5 Å². The van der Waals surface area contributed by atoms with Crippen molar-refractivity contribution < 1.29 is 19.0 Å². The Morgan fingerprint density at radius 3 is 2.85 bits per heavy atom. The summed E-state index contributed by atoms with van der Waals surface area (Å²) in [6.45, 7) is 0.253. The number of nitrogens with one attached hydrogen (secondary N) is 2. The summed E-state index contributed by atoms with van der Waals surface area (Å²) in [5, 5.41) is 9.11. The lowest BCUT2D eigenvalue weighted by Gasteiger charge is -2.42. The van der Waals surface area contributed by atoms with Crippen LogP contribution in [0.1, 0.15) is 22.3 Å². The Hall–Kier alpha value is -4.56. The quantitative estimate of drug-likeness (QED) is 0.418. The zero-order valence-electron chi connectivity index (χ0n) is 21.3. The highest BCUT2D eigenvalue weighted by Gasteiger charge is 2.46. The van der Waals surface area contributed by atoms with Crippen LogP contribution in [-0.4, -0.2) is 30.0 Å². The van der Waals surface area contributed by atoms with Gasteiger partial charge in [-0.05, 0) is 41.1 Å². The molecule has 2 N–H and O–H groups in total. The molecule has 3 aromatic rings. The van der Waals surface area contributed by atoms with Crippen molar-refractivity contribution in [2.45, 2.75) is 12.0 Å². The molecule has 0 aliphatic carbocycles. The molecule has 0 amide bonds. The smallest absolute Gasteiger partial charge is 0.337 e. The van der Waals surface area contributed by atoms with Crippen LogP contribution in [0.5, 0.6) is 11.5 Å². The second-order valence-electron chi connectivity index (χ2n) is 10.5. The van der Waals surface area contributed by atoms with Gasteiger partial charge in [0.25, 0.3) is 0 Å². The highest BCUT2D eigenvalue weighted by atomic mass is 32.2. The maximum Gasteiger partial charge on any atom is 0.337 e. The Balaban J connectivity index is 1.34. The first-order valence-corrected chi connectivity index (χ1v) is 14.3. The molecule has 1 atom stereocenters. The van der Waals surface area contributed by atoms with E-state index in [1.54, 1.807) is 11.8 Å². The van der Waals surface area contributed by atoms with Crippen molar-refractivity contribution in [3.8, 4) is 11.5 Å². The molecule has 0 radical (unpaired) electrons. The Kier molecular flexibility index (Phi) is 4.45. The molecule has 7 aliphatic rings. The lowest BCUT2D eigenvalue weighted by Crippen LogP contribution is -2.53. The predicted molar refractivity (Wildman–Crippen MR) is 152 cm³/mol. The van der Waals surface area contributed by atoms with Crippen molar-refractivity contribution in [3.63, 3.8) is 0 Å². The van der Waals surface area contributed by atoms with E-state index in [0.29, 0.717) is 17.3 Å². The molecular formula is C32H23N3O4S. The third-order valence-electron chi connectivity index (χ3n) is 8.43. The molecule has 7 heterocycles. The van der Waals surface area contributed by atoms with Crippen molar-refractivity contribution in [1.29, 1.82) is 0 Å². The molecule has 0 aromatic heterocycles. The van der Waals surface area contributed by atoms with Crippen LogP contribution >= 0.6 is 11.8 Å². The molecule has 1 fully saturated rings. The number of esters is 1. The van der Waals surface area contributed by atoms with Gasteiger partial charge < -0.3 is 29.7 Å². The van der Waals surface area contributed by atoms with Gasteiger partial charge in [0.2, 0.25) is 6.79 Å². The van der Waals surface area contributed by atoms with Crippen molar-refractivity contribution in [2.24, 2.45) is 0 Å². The van der Waals surface area contributed by atoms with E-state index in [0.717, 1.165) is 55.7 Å². The zero-order chi connectivity index (χ0) is 26.4. The van der Waals surface area contributed by atoms with Gasteiger partial charge in [0.1, 0.15) is 6.61 Å². The third-order valence-corrected chi connectivity index (χ3v) is 9.71. The van der Waals surface area contributed by atoms with Crippen molar-refractivity contribution in [1.82, 2.24) is 15.5 Å². The van der Waals surface area contributed by atoms with Crippen LogP contribution in [0.2, 0.25) is 0 Å². The van der Waals surface area contributed by atoms with Gasteiger partial charge in [0.15, 0.2) is 17.0 Å². The Labute approximate surface area is 234 Å². The van der Waals surface area contributed by atoms with Crippen LogP contribution in [-0.2, 0) is 21.5 Å². The van der Waals surface area contributed by atoms with Crippen LogP contribution in [0, 0.1) is 0 Å². The SMILES string of the molecule is O=C1OCC2=c3c4c(ccc3=C(SCC13NC=Cc1ccccc13)C1=C3NC(=CN12)Cc1ccccc13)OCO4. The third kappa shape index (κ3) is 2.89. The summed E-state index contributed by atoms with van der Waals surface area (Å²) >= 11 is 1.66. The predicted octanol–water partition coefficient (Wildman–Crippen LogP) is 3.08. The maximum absolute atomic E-state index is 14.0. The van der Waals surface area contributed by atoms with E-state index in [-0.39, 0.29) is 19.4 Å². The molecule has 3 aromatic carbocycles. The number of rotatable bonds is 0. The largest absolute Gasteiger partial charge is 0.457 e. The monoisotopic (exact) mass is 545 g/mol. The summed E-state index contributed by atoms with van der Waals surface area (Å²) in [5.74, 6) is 1.55. The fraction of sp³-hybridized carbons (Fsp3) is 0.156. The molecule has 0 saturated carbocycles. The van der Waals surface area contributed by atoms with Gasteiger partial charge >= 0.3 is 5.97 Å². The highest BCUT2D eigenvalue weighted by molar-refractivity contribution is 8.08.